The van der Waals surface area contributed by atoms with Gasteiger partial charge in [0.1, 0.15) is 0 Å². The number of hydrogen-bond donors (Lipinski definition) is 1. The number of pyridine rings is 1. The molecule has 6 heteroatoms. The zero-order chi connectivity index (χ0) is 13.7. The number of rotatable bonds is 5. The van der Waals surface area contributed by atoms with E-state index in [9.17, 15) is 4.79 Å². The fraction of sp³-hybridized carbons (Fsp3) is 0.308. The zero-order valence-corrected chi connectivity index (χ0v) is 12.8. The number of nitrogens with zero attached hydrogens (tertiary/aromatic N) is 3. The molecule has 0 aliphatic heterocycles. The summed E-state index contributed by atoms with van der Waals surface area (Å²) in [6, 6.07) is 3.93. The van der Waals surface area contributed by atoms with Crippen LogP contribution in [-0.2, 0) is 13.1 Å². The Labute approximate surface area is 125 Å². The van der Waals surface area contributed by atoms with Crippen LogP contribution in [0, 0.1) is 10.5 Å². The predicted molar refractivity (Wildman–Crippen MR) is 81.9 cm³/mol. The van der Waals surface area contributed by atoms with Crippen molar-refractivity contribution in [2.45, 2.75) is 20.0 Å². The van der Waals surface area contributed by atoms with Gasteiger partial charge in [-0.05, 0) is 41.1 Å². The molecule has 0 aromatic carbocycles. The average molecular weight is 370 g/mol. The van der Waals surface area contributed by atoms with E-state index < -0.39 is 0 Å². The highest BCUT2D eigenvalue weighted by atomic mass is 127. The van der Waals surface area contributed by atoms with Crippen LogP contribution in [0.25, 0.3) is 0 Å². The number of aromatic nitrogens is 3. The minimum atomic E-state index is 0.0243. The third-order valence-corrected chi connectivity index (χ3v) is 3.98. The van der Waals surface area contributed by atoms with Crippen LogP contribution in [0.15, 0.2) is 35.6 Å². The summed E-state index contributed by atoms with van der Waals surface area (Å²) >= 11 is 2.04. The van der Waals surface area contributed by atoms with Crippen LogP contribution in [0.5, 0.6) is 0 Å². The van der Waals surface area contributed by atoms with Crippen LogP contribution >= 0.6 is 22.6 Å². The molecule has 0 radical (unpaired) electrons. The largest absolute Gasteiger partial charge is 0.311 e. The standard InChI is InChI=1S/C13H15IN4O/c1-10-12(14)13(19)18(9-17-10)6-5-16-8-11-3-2-4-15-7-11/h2-4,7,9,16H,5-6,8H2,1H3. The summed E-state index contributed by atoms with van der Waals surface area (Å²) < 4.78 is 2.32. The lowest BCUT2D eigenvalue weighted by Crippen LogP contribution is -2.29. The highest BCUT2D eigenvalue weighted by Crippen LogP contribution is 2.01. The van der Waals surface area contributed by atoms with Crippen molar-refractivity contribution in [2.75, 3.05) is 6.54 Å². The molecule has 1 N–H and O–H groups in total. The van der Waals surface area contributed by atoms with Crippen molar-refractivity contribution in [3.8, 4) is 0 Å². The van der Waals surface area contributed by atoms with E-state index in [2.05, 4.69) is 15.3 Å². The van der Waals surface area contributed by atoms with Crippen molar-refractivity contribution in [3.05, 3.63) is 56.0 Å². The molecular formula is C13H15IN4O. The van der Waals surface area contributed by atoms with Crippen molar-refractivity contribution < 1.29 is 0 Å². The molecule has 2 aromatic heterocycles. The molecule has 0 bridgehead atoms. The molecule has 100 valence electrons. The fourth-order valence-electron chi connectivity index (χ4n) is 1.64. The zero-order valence-electron chi connectivity index (χ0n) is 10.6. The van der Waals surface area contributed by atoms with Gasteiger partial charge >= 0.3 is 0 Å². The lowest BCUT2D eigenvalue weighted by Gasteiger charge is -2.08. The molecule has 2 rings (SSSR count). The van der Waals surface area contributed by atoms with Crippen molar-refractivity contribution >= 4 is 22.6 Å². The maximum atomic E-state index is 11.9. The predicted octanol–water partition coefficient (Wildman–Crippen LogP) is 1.34. The number of hydrogen-bond acceptors (Lipinski definition) is 4. The SMILES string of the molecule is Cc1ncn(CCNCc2cccnc2)c(=O)c1I. The Morgan fingerprint density at radius 2 is 2.32 bits per heavy atom. The third kappa shape index (κ3) is 3.84. The molecule has 0 amide bonds. The molecule has 2 heterocycles. The molecule has 0 aliphatic carbocycles. The number of halogens is 1. The molecule has 0 spiro atoms. The molecule has 0 aliphatic rings. The van der Waals surface area contributed by atoms with E-state index >= 15 is 0 Å². The van der Waals surface area contributed by atoms with Gasteiger partial charge in [0.2, 0.25) is 0 Å². The van der Waals surface area contributed by atoms with Crippen LogP contribution in [0.4, 0.5) is 0 Å². The summed E-state index contributed by atoms with van der Waals surface area (Å²) in [4.78, 5) is 20.2. The lowest BCUT2D eigenvalue weighted by molar-refractivity contribution is 0.574. The smallest absolute Gasteiger partial charge is 0.267 e. The minimum absolute atomic E-state index is 0.0243. The van der Waals surface area contributed by atoms with E-state index in [4.69, 9.17) is 0 Å². The first-order valence-electron chi connectivity index (χ1n) is 5.99. The normalized spacial score (nSPS) is 10.6. The first kappa shape index (κ1) is 14.1. The van der Waals surface area contributed by atoms with Gasteiger partial charge in [-0.15, -0.1) is 0 Å². The Morgan fingerprint density at radius 3 is 3.05 bits per heavy atom. The Balaban J connectivity index is 1.87. The lowest BCUT2D eigenvalue weighted by atomic mass is 10.3. The van der Waals surface area contributed by atoms with Gasteiger partial charge in [-0.2, -0.15) is 0 Å². The second kappa shape index (κ2) is 6.76. The number of aryl methyl sites for hydroxylation is 1. The molecule has 19 heavy (non-hydrogen) atoms. The minimum Gasteiger partial charge on any atom is -0.311 e. The van der Waals surface area contributed by atoms with Crippen LogP contribution in [-0.4, -0.2) is 21.1 Å². The second-order valence-corrected chi connectivity index (χ2v) is 5.26. The van der Waals surface area contributed by atoms with Gasteiger partial charge in [-0.25, -0.2) is 4.98 Å². The van der Waals surface area contributed by atoms with Crippen molar-refractivity contribution in [1.82, 2.24) is 19.9 Å². The van der Waals surface area contributed by atoms with Gasteiger partial charge in [-0.1, -0.05) is 6.07 Å². The van der Waals surface area contributed by atoms with E-state index in [1.54, 1.807) is 17.1 Å². The topological polar surface area (TPSA) is 59.8 Å². The van der Waals surface area contributed by atoms with Gasteiger partial charge in [0, 0.05) is 32.0 Å². The van der Waals surface area contributed by atoms with Crippen molar-refractivity contribution in [1.29, 1.82) is 0 Å². The van der Waals surface area contributed by atoms with E-state index in [1.165, 1.54) is 0 Å². The van der Waals surface area contributed by atoms with Gasteiger partial charge in [0.05, 0.1) is 15.6 Å². The van der Waals surface area contributed by atoms with Crippen LogP contribution in [0.1, 0.15) is 11.3 Å². The van der Waals surface area contributed by atoms with Crippen LogP contribution < -0.4 is 10.9 Å². The second-order valence-electron chi connectivity index (χ2n) is 4.18. The van der Waals surface area contributed by atoms with E-state index in [1.807, 2.05) is 47.8 Å². The Bertz CT molecular complexity index is 597. The summed E-state index contributed by atoms with van der Waals surface area (Å²) in [5.74, 6) is 0. The molecule has 0 saturated heterocycles. The number of nitrogens with one attached hydrogen (secondary N) is 1. The van der Waals surface area contributed by atoms with Crippen molar-refractivity contribution in [2.24, 2.45) is 0 Å². The summed E-state index contributed by atoms with van der Waals surface area (Å²) in [5, 5.41) is 3.28. The monoisotopic (exact) mass is 370 g/mol. The van der Waals surface area contributed by atoms with Crippen LogP contribution in [0.3, 0.4) is 0 Å². The quantitative estimate of drug-likeness (QED) is 0.638. The maximum Gasteiger partial charge on any atom is 0.267 e. The molecule has 2 aromatic rings. The molecular weight excluding hydrogens is 355 g/mol. The third-order valence-electron chi connectivity index (χ3n) is 2.74. The summed E-state index contributed by atoms with van der Waals surface area (Å²) in [6.45, 7) is 3.92. The van der Waals surface area contributed by atoms with Crippen LogP contribution in [0.2, 0.25) is 0 Å². The molecule has 5 nitrogen and oxygen atoms in total. The van der Waals surface area contributed by atoms with Crippen molar-refractivity contribution in [3.63, 3.8) is 0 Å². The highest BCUT2D eigenvalue weighted by molar-refractivity contribution is 14.1. The average Bonchev–Trinajstić information content (AvgIpc) is 2.44. The molecule has 0 atom stereocenters. The molecule has 0 fully saturated rings. The first-order chi connectivity index (χ1) is 9.18. The van der Waals surface area contributed by atoms with E-state index in [0.29, 0.717) is 10.1 Å². The molecule has 0 unspecified atom stereocenters. The van der Waals surface area contributed by atoms with Gasteiger partial charge in [-0.3, -0.25) is 14.3 Å². The fourth-order valence-corrected chi connectivity index (χ4v) is 2.09. The Morgan fingerprint density at radius 1 is 1.47 bits per heavy atom. The highest BCUT2D eigenvalue weighted by Gasteiger charge is 2.04. The molecule has 0 saturated carbocycles. The first-order valence-corrected chi connectivity index (χ1v) is 7.07. The van der Waals surface area contributed by atoms with Gasteiger partial charge < -0.3 is 5.32 Å². The Kier molecular flexibility index (Phi) is 5.03. The summed E-state index contributed by atoms with van der Waals surface area (Å²) in [5.41, 5.74) is 1.94. The van der Waals surface area contributed by atoms with E-state index in [-0.39, 0.29) is 5.56 Å². The van der Waals surface area contributed by atoms with E-state index in [0.717, 1.165) is 24.3 Å². The van der Waals surface area contributed by atoms with Gasteiger partial charge in [0.15, 0.2) is 0 Å². The Hall–Kier alpha value is -1.28. The maximum absolute atomic E-state index is 11.9. The summed E-state index contributed by atoms with van der Waals surface area (Å²) in [6.07, 6.45) is 5.18. The summed E-state index contributed by atoms with van der Waals surface area (Å²) in [7, 11) is 0. The van der Waals surface area contributed by atoms with Gasteiger partial charge in [0.25, 0.3) is 5.56 Å².